The van der Waals surface area contributed by atoms with E-state index in [1.54, 1.807) is 18.6 Å². The van der Waals surface area contributed by atoms with Crippen molar-refractivity contribution in [3.8, 4) is 0 Å². The van der Waals surface area contributed by atoms with Crippen LogP contribution in [0.4, 0.5) is 5.69 Å². The number of hydrazone groups is 1. The number of amidine groups is 1. The van der Waals surface area contributed by atoms with Crippen LogP contribution in [-0.2, 0) is 0 Å². The maximum Gasteiger partial charge on any atom is 0.172 e. The molecule has 2 aromatic heterocycles. The van der Waals surface area contributed by atoms with Crippen LogP contribution in [0, 0.1) is 0 Å². The fourth-order valence-electron chi connectivity index (χ4n) is 1.89. The average Bonchev–Trinajstić information content (AvgIpc) is 2.63. The summed E-state index contributed by atoms with van der Waals surface area (Å²) in [5.41, 5.74) is 5.26. The van der Waals surface area contributed by atoms with Gasteiger partial charge in [0.2, 0.25) is 0 Å². The van der Waals surface area contributed by atoms with Crippen LogP contribution < -0.4 is 5.43 Å². The molecule has 5 nitrogen and oxygen atoms in total. The number of hydrogen-bond acceptors (Lipinski definition) is 4. The van der Waals surface area contributed by atoms with E-state index in [1.165, 1.54) is 0 Å². The lowest BCUT2D eigenvalue weighted by molar-refractivity contribution is 1.02. The molecule has 0 fully saturated rings. The molecular formula is C18H15N5. The van der Waals surface area contributed by atoms with Crippen molar-refractivity contribution in [2.45, 2.75) is 0 Å². The van der Waals surface area contributed by atoms with E-state index in [9.17, 15) is 0 Å². The molecule has 3 rings (SSSR count). The Balaban J connectivity index is 1.84. The summed E-state index contributed by atoms with van der Waals surface area (Å²) in [7, 11) is 0. The average molecular weight is 301 g/mol. The maximum atomic E-state index is 4.57. The highest BCUT2D eigenvalue weighted by molar-refractivity contribution is 5.99. The Hall–Kier alpha value is -3.34. The van der Waals surface area contributed by atoms with Crippen LogP contribution in [0.15, 0.2) is 89.2 Å². The van der Waals surface area contributed by atoms with Crippen LogP contribution in [0.5, 0.6) is 0 Å². The molecule has 0 aliphatic carbocycles. The Kier molecular flexibility index (Phi) is 4.83. The highest BCUT2D eigenvalue weighted by Crippen LogP contribution is 2.11. The van der Waals surface area contributed by atoms with E-state index in [-0.39, 0.29) is 0 Å². The lowest BCUT2D eigenvalue weighted by atomic mass is 10.3. The summed E-state index contributed by atoms with van der Waals surface area (Å²) in [6.45, 7) is 0. The van der Waals surface area contributed by atoms with Crippen molar-refractivity contribution in [3.05, 3.63) is 90.5 Å². The number of benzene rings is 1. The normalized spacial score (nSPS) is 11.6. The van der Waals surface area contributed by atoms with Crippen LogP contribution in [-0.4, -0.2) is 22.0 Å². The zero-order valence-electron chi connectivity index (χ0n) is 12.4. The minimum Gasteiger partial charge on any atom is -0.259 e. The van der Waals surface area contributed by atoms with Gasteiger partial charge in [-0.25, -0.2) is 4.99 Å². The third-order valence-electron chi connectivity index (χ3n) is 2.96. The first-order chi connectivity index (χ1) is 11.4. The molecule has 0 aliphatic rings. The van der Waals surface area contributed by atoms with Gasteiger partial charge in [0.15, 0.2) is 5.84 Å². The summed E-state index contributed by atoms with van der Waals surface area (Å²) in [6, 6.07) is 21.0. The van der Waals surface area contributed by atoms with Crippen LogP contribution in [0.3, 0.4) is 0 Å². The maximum absolute atomic E-state index is 4.57. The number of nitrogens with one attached hydrogen (secondary N) is 1. The van der Waals surface area contributed by atoms with Gasteiger partial charge in [0, 0.05) is 12.4 Å². The Labute approximate surface area is 134 Å². The molecule has 112 valence electrons. The molecule has 0 unspecified atom stereocenters. The highest BCUT2D eigenvalue weighted by Gasteiger charge is 2.03. The van der Waals surface area contributed by atoms with E-state index < -0.39 is 0 Å². The quantitative estimate of drug-likeness (QED) is 0.457. The van der Waals surface area contributed by atoms with Crippen molar-refractivity contribution in [2.24, 2.45) is 10.1 Å². The van der Waals surface area contributed by atoms with Gasteiger partial charge in [-0.2, -0.15) is 5.10 Å². The van der Waals surface area contributed by atoms with Gasteiger partial charge >= 0.3 is 0 Å². The van der Waals surface area contributed by atoms with Gasteiger partial charge in [-0.15, -0.1) is 0 Å². The van der Waals surface area contributed by atoms with E-state index in [1.807, 2.05) is 66.7 Å². The fraction of sp³-hybridized carbons (Fsp3) is 0. The Morgan fingerprint density at radius 1 is 0.826 bits per heavy atom. The summed E-state index contributed by atoms with van der Waals surface area (Å²) in [6.07, 6.45) is 5.09. The molecule has 0 amide bonds. The lowest BCUT2D eigenvalue weighted by Crippen LogP contribution is -2.20. The molecule has 0 spiro atoms. The monoisotopic (exact) mass is 301 g/mol. The second kappa shape index (κ2) is 7.61. The van der Waals surface area contributed by atoms with E-state index in [0.29, 0.717) is 5.84 Å². The van der Waals surface area contributed by atoms with E-state index in [2.05, 4.69) is 25.5 Å². The largest absolute Gasteiger partial charge is 0.259 e. The molecule has 0 saturated heterocycles. The number of rotatable bonds is 4. The molecule has 23 heavy (non-hydrogen) atoms. The number of aliphatic imine (C=N–C) groups is 1. The van der Waals surface area contributed by atoms with Crippen LogP contribution in [0.2, 0.25) is 0 Å². The summed E-state index contributed by atoms with van der Waals surface area (Å²) in [4.78, 5) is 13.1. The highest BCUT2D eigenvalue weighted by atomic mass is 15.3. The lowest BCUT2D eigenvalue weighted by Gasteiger charge is -2.05. The molecule has 0 bridgehead atoms. The van der Waals surface area contributed by atoms with Gasteiger partial charge in [-0.1, -0.05) is 30.3 Å². The van der Waals surface area contributed by atoms with Crippen LogP contribution in [0.25, 0.3) is 0 Å². The molecule has 1 aromatic carbocycles. The first-order valence-corrected chi connectivity index (χ1v) is 7.17. The number of nitrogens with zero attached hydrogens (tertiary/aromatic N) is 4. The van der Waals surface area contributed by atoms with E-state index in [4.69, 9.17) is 0 Å². The van der Waals surface area contributed by atoms with Crippen molar-refractivity contribution < 1.29 is 0 Å². The molecule has 0 atom stereocenters. The van der Waals surface area contributed by atoms with E-state index in [0.717, 1.165) is 17.1 Å². The van der Waals surface area contributed by atoms with Crippen molar-refractivity contribution in [1.29, 1.82) is 0 Å². The molecule has 0 saturated carbocycles. The molecule has 5 heteroatoms. The van der Waals surface area contributed by atoms with Crippen molar-refractivity contribution in [1.82, 2.24) is 15.4 Å². The van der Waals surface area contributed by atoms with Crippen molar-refractivity contribution in [3.63, 3.8) is 0 Å². The second-order valence-electron chi connectivity index (χ2n) is 4.64. The third kappa shape index (κ3) is 4.31. The predicted molar refractivity (Wildman–Crippen MR) is 91.8 cm³/mol. The van der Waals surface area contributed by atoms with Crippen molar-refractivity contribution >= 4 is 17.7 Å². The molecule has 1 N–H and O–H groups in total. The van der Waals surface area contributed by atoms with Gasteiger partial charge in [0.25, 0.3) is 0 Å². The SMILES string of the molecule is C(=NNC(=Nc1ccccc1)c1ccccn1)c1ccccn1. The van der Waals surface area contributed by atoms with Crippen LogP contribution in [0.1, 0.15) is 11.4 Å². The summed E-state index contributed by atoms with van der Waals surface area (Å²) < 4.78 is 0. The predicted octanol–water partition coefficient (Wildman–Crippen LogP) is 3.18. The molecule has 0 radical (unpaired) electrons. The number of aromatic nitrogens is 2. The van der Waals surface area contributed by atoms with Gasteiger partial charge in [0.1, 0.15) is 5.69 Å². The fourth-order valence-corrected chi connectivity index (χ4v) is 1.89. The van der Waals surface area contributed by atoms with E-state index >= 15 is 0 Å². The number of hydrogen-bond donors (Lipinski definition) is 1. The first-order valence-electron chi connectivity index (χ1n) is 7.17. The van der Waals surface area contributed by atoms with Gasteiger partial charge < -0.3 is 0 Å². The van der Waals surface area contributed by atoms with Crippen LogP contribution >= 0.6 is 0 Å². The summed E-state index contributed by atoms with van der Waals surface area (Å²) >= 11 is 0. The smallest absolute Gasteiger partial charge is 0.172 e. The molecule has 2 heterocycles. The molecule has 0 aliphatic heterocycles. The summed E-state index contributed by atoms with van der Waals surface area (Å²) in [5, 5.41) is 4.21. The van der Waals surface area contributed by atoms with Gasteiger partial charge in [-0.05, 0) is 36.4 Å². The number of pyridine rings is 2. The van der Waals surface area contributed by atoms with Gasteiger partial charge in [0.05, 0.1) is 17.6 Å². The zero-order valence-corrected chi connectivity index (χ0v) is 12.4. The topological polar surface area (TPSA) is 62.5 Å². The third-order valence-corrected chi connectivity index (χ3v) is 2.96. The standard InChI is InChI=1S/C18H15N5/c1-2-8-15(9-3-1)22-18(17-11-5-7-13-20-17)23-21-14-16-10-4-6-12-19-16/h1-14H,(H,22,23). The minimum atomic E-state index is 0.573. The molecule has 3 aromatic rings. The van der Waals surface area contributed by atoms with Crippen molar-refractivity contribution in [2.75, 3.05) is 0 Å². The molecular weight excluding hydrogens is 286 g/mol. The second-order valence-corrected chi connectivity index (χ2v) is 4.64. The van der Waals surface area contributed by atoms with Gasteiger partial charge in [-0.3, -0.25) is 15.4 Å². The Bertz CT molecular complexity index is 783. The minimum absolute atomic E-state index is 0.573. The summed E-state index contributed by atoms with van der Waals surface area (Å²) in [5.74, 6) is 0.573. The Morgan fingerprint density at radius 3 is 2.26 bits per heavy atom. The first kappa shape index (κ1) is 14.6. The zero-order chi connectivity index (χ0) is 15.7. The Morgan fingerprint density at radius 2 is 1.57 bits per heavy atom. The number of para-hydroxylation sites is 1.